The molecule has 0 unspecified atom stereocenters. The molecule has 0 spiro atoms. The van der Waals surface area contributed by atoms with Crippen LogP contribution in [-0.2, 0) is 0 Å². The third kappa shape index (κ3) is 2.78. The molecule has 0 saturated heterocycles. The highest BCUT2D eigenvalue weighted by Crippen LogP contribution is 2.32. The van der Waals surface area contributed by atoms with E-state index in [1.165, 1.54) is 11.3 Å². The van der Waals surface area contributed by atoms with Crippen molar-refractivity contribution in [2.75, 3.05) is 0 Å². The summed E-state index contributed by atoms with van der Waals surface area (Å²) in [5.74, 6) is -0.291. The molecule has 1 saturated carbocycles. The van der Waals surface area contributed by atoms with Gasteiger partial charge in [0.15, 0.2) is 0 Å². The van der Waals surface area contributed by atoms with Crippen LogP contribution in [0.25, 0.3) is 10.6 Å². The van der Waals surface area contributed by atoms with Crippen LogP contribution in [0.4, 0.5) is 0 Å². The highest BCUT2D eigenvalue weighted by atomic mass is 35.5. The molecule has 0 bridgehead atoms. The summed E-state index contributed by atoms with van der Waals surface area (Å²) in [6.07, 6.45) is 2.39. The van der Waals surface area contributed by atoms with Gasteiger partial charge < -0.3 is 5.32 Å². The summed E-state index contributed by atoms with van der Waals surface area (Å²) in [7, 11) is 0. The van der Waals surface area contributed by atoms with Crippen LogP contribution in [0.2, 0.25) is 5.02 Å². The Morgan fingerprint density at radius 2 is 2.29 bits per heavy atom. The van der Waals surface area contributed by atoms with Crippen molar-refractivity contribution in [1.82, 2.24) is 10.3 Å². The van der Waals surface area contributed by atoms with Gasteiger partial charge in [-0.2, -0.15) is 5.26 Å². The van der Waals surface area contributed by atoms with Gasteiger partial charge in [0.05, 0.1) is 6.07 Å². The van der Waals surface area contributed by atoms with Gasteiger partial charge in [-0.1, -0.05) is 23.7 Å². The van der Waals surface area contributed by atoms with E-state index in [1.807, 2.05) is 18.2 Å². The Morgan fingerprint density at radius 1 is 1.48 bits per heavy atom. The molecule has 0 atom stereocenters. The van der Waals surface area contributed by atoms with Crippen molar-refractivity contribution in [3.05, 3.63) is 40.4 Å². The van der Waals surface area contributed by atoms with Gasteiger partial charge in [-0.3, -0.25) is 4.79 Å². The molecule has 1 heterocycles. The molecule has 1 aliphatic rings. The first-order valence-corrected chi connectivity index (χ1v) is 7.83. The monoisotopic (exact) mass is 317 g/mol. The molecule has 21 heavy (non-hydrogen) atoms. The summed E-state index contributed by atoms with van der Waals surface area (Å²) < 4.78 is 0. The van der Waals surface area contributed by atoms with E-state index in [1.54, 1.807) is 11.4 Å². The number of amides is 1. The van der Waals surface area contributed by atoms with E-state index in [0.717, 1.165) is 17.0 Å². The van der Waals surface area contributed by atoms with E-state index in [0.29, 0.717) is 23.6 Å². The average molecular weight is 318 g/mol. The Hall–Kier alpha value is -1.90. The molecule has 1 aromatic heterocycles. The zero-order valence-electron chi connectivity index (χ0n) is 11.1. The minimum absolute atomic E-state index is 0.291. The number of hydrogen-bond donors (Lipinski definition) is 1. The van der Waals surface area contributed by atoms with Crippen molar-refractivity contribution in [3.8, 4) is 16.6 Å². The molecule has 0 radical (unpaired) electrons. The zero-order valence-corrected chi connectivity index (χ0v) is 12.7. The molecule has 106 valence electrons. The second-order valence-electron chi connectivity index (χ2n) is 5.05. The highest BCUT2D eigenvalue weighted by molar-refractivity contribution is 7.13. The van der Waals surface area contributed by atoms with Crippen LogP contribution in [0, 0.1) is 11.3 Å². The molecular weight excluding hydrogens is 306 g/mol. The highest BCUT2D eigenvalue weighted by Gasteiger charge is 2.39. The summed E-state index contributed by atoms with van der Waals surface area (Å²) in [6.45, 7) is 0. The van der Waals surface area contributed by atoms with Crippen LogP contribution in [0.5, 0.6) is 0 Å². The Labute approximate surface area is 131 Å². The smallest absolute Gasteiger partial charge is 0.272 e. The predicted molar refractivity (Wildman–Crippen MR) is 82.2 cm³/mol. The van der Waals surface area contributed by atoms with Gasteiger partial charge in [-0.15, -0.1) is 11.3 Å². The number of thiazole rings is 1. The van der Waals surface area contributed by atoms with Gasteiger partial charge >= 0.3 is 0 Å². The topological polar surface area (TPSA) is 65.8 Å². The molecule has 6 heteroatoms. The number of carbonyl (C=O) groups excluding carboxylic acids is 1. The lowest BCUT2D eigenvalue weighted by Crippen LogP contribution is -2.52. The van der Waals surface area contributed by atoms with Crippen LogP contribution >= 0.6 is 22.9 Å². The van der Waals surface area contributed by atoms with E-state index in [4.69, 9.17) is 16.9 Å². The number of nitrogens with one attached hydrogen (secondary N) is 1. The van der Waals surface area contributed by atoms with Gasteiger partial charge in [-0.25, -0.2) is 4.98 Å². The summed E-state index contributed by atoms with van der Waals surface area (Å²) in [6, 6.07) is 9.53. The number of nitrogens with zero attached hydrogens (tertiary/aromatic N) is 2. The van der Waals surface area contributed by atoms with E-state index in [2.05, 4.69) is 16.4 Å². The van der Waals surface area contributed by atoms with Crippen molar-refractivity contribution in [2.24, 2.45) is 0 Å². The van der Waals surface area contributed by atoms with Crippen molar-refractivity contribution >= 4 is 28.8 Å². The van der Waals surface area contributed by atoms with E-state index in [-0.39, 0.29) is 5.91 Å². The largest absolute Gasteiger partial charge is 0.332 e. The average Bonchev–Trinajstić information content (AvgIpc) is 2.92. The number of benzene rings is 1. The molecule has 2 aromatic rings. The lowest BCUT2D eigenvalue weighted by molar-refractivity contribution is 0.0877. The SMILES string of the molecule is N#CC1(NC(=O)c2csc(-c3cccc(Cl)c3)n2)CCC1. The number of halogens is 1. The molecule has 1 aliphatic carbocycles. The first-order valence-electron chi connectivity index (χ1n) is 6.57. The molecule has 4 nitrogen and oxygen atoms in total. The third-order valence-electron chi connectivity index (χ3n) is 3.58. The second kappa shape index (κ2) is 5.47. The predicted octanol–water partition coefficient (Wildman–Crippen LogP) is 3.64. The fourth-order valence-electron chi connectivity index (χ4n) is 2.21. The van der Waals surface area contributed by atoms with Gasteiger partial charge in [0.2, 0.25) is 0 Å². The Morgan fingerprint density at radius 3 is 2.90 bits per heavy atom. The van der Waals surface area contributed by atoms with Gasteiger partial charge in [0.1, 0.15) is 16.2 Å². The maximum atomic E-state index is 12.2. The minimum Gasteiger partial charge on any atom is -0.332 e. The van der Waals surface area contributed by atoms with Crippen LogP contribution in [0.1, 0.15) is 29.8 Å². The molecule has 1 N–H and O–H groups in total. The number of carbonyl (C=O) groups is 1. The second-order valence-corrected chi connectivity index (χ2v) is 6.34. The lowest BCUT2D eigenvalue weighted by atomic mass is 9.78. The number of hydrogen-bond acceptors (Lipinski definition) is 4. The lowest BCUT2D eigenvalue weighted by Gasteiger charge is -2.35. The first kappa shape index (κ1) is 14.1. The summed E-state index contributed by atoms with van der Waals surface area (Å²) in [5.41, 5.74) is 0.526. The fourth-order valence-corrected chi connectivity index (χ4v) is 3.20. The molecule has 3 rings (SSSR count). The molecule has 1 amide bonds. The standard InChI is InChI=1S/C15H12ClN3OS/c16-11-4-1-3-10(7-11)14-18-12(8-21-14)13(20)19-15(9-17)5-2-6-15/h1,3-4,7-8H,2,5-6H2,(H,19,20). The summed E-state index contributed by atoms with van der Waals surface area (Å²) in [5, 5.41) is 15.0. The minimum atomic E-state index is -0.698. The van der Waals surface area contributed by atoms with E-state index >= 15 is 0 Å². The van der Waals surface area contributed by atoms with Crippen molar-refractivity contribution in [2.45, 2.75) is 24.8 Å². The summed E-state index contributed by atoms with van der Waals surface area (Å²) in [4.78, 5) is 16.5. The van der Waals surface area contributed by atoms with Gasteiger partial charge in [0, 0.05) is 16.0 Å². The van der Waals surface area contributed by atoms with E-state index < -0.39 is 5.54 Å². The van der Waals surface area contributed by atoms with Crippen molar-refractivity contribution in [1.29, 1.82) is 5.26 Å². The van der Waals surface area contributed by atoms with Crippen LogP contribution < -0.4 is 5.32 Å². The molecular formula is C15H12ClN3OS. The van der Waals surface area contributed by atoms with Crippen LogP contribution in [-0.4, -0.2) is 16.4 Å². The Kier molecular flexibility index (Phi) is 3.66. The van der Waals surface area contributed by atoms with Crippen molar-refractivity contribution < 1.29 is 4.79 Å². The number of aromatic nitrogens is 1. The van der Waals surface area contributed by atoms with Crippen LogP contribution in [0.3, 0.4) is 0 Å². The maximum Gasteiger partial charge on any atom is 0.272 e. The Bertz CT molecular complexity index is 731. The maximum absolute atomic E-state index is 12.2. The number of rotatable bonds is 3. The van der Waals surface area contributed by atoms with Crippen LogP contribution in [0.15, 0.2) is 29.6 Å². The van der Waals surface area contributed by atoms with E-state index in [9.17, 15) is 4.79 Å². The fraction of sp³-hybridized carbons (Fsp3) is 0.267. The normalized spacial score (nSPS) is 15.8. The third-order valence-corrected chi connectivity index (χ3v) is 4.71. The molecule has 1 aromatic carbocycles. The molecule has 0 aliphatic heterocycles. The summed E-state index contributed by atoms with van der Waals surface area (Å²) >= 11 is 7.34. The molecule has 1 fully saturated rings. The van der Waals surface area contributed by atoms with Crippen molar-refractivity contribution in [3.63, 3.8) is 0 Å². The number of nitriles is 1. The quantitative estimate of drug-likeness (QED) is 0.939. The van der Waals surface area contributed by atoms with Gasteiger partial charge in [0.25, 0.3) is 5.91 Å². The van der Waals surface area contributed by atoms with Gasteiger partial charge in [-0.05, 0) is 31.4 Å². The first-order chi connectivity index (χ1) is 10.1. The zero-order chi connectivity index (χ0) is 14.9. The Balaban J connectivity index is 1.79.